The van der Waals surface area contributed by atoms with E-state index in [0.717, 1.165) is 22.0 Å². The number of fused-ring (bicyclic) bond motifs is 1. The summed E-state index contributed by atoms with van der Waals surface area (Å²) in [4.78, 5) is 29.9. The molecule has 0 fully saturated rings. The van der Waals surface area contributed by atoms with Crippen LogP contribution in [0.25, 0.3) is 22.0 Å². The number of nitrogens with one attached hydrogen (secondary N) is 2. The van der Waals surface area contributed by atoms with Crippen LogP contribution >= 0.6 is 0 Å². The van der Waals surface area contributed by atoms with Crippen LogP contribution in [0, 0.1) is 6.92 Å². The number of aryl methyl sites for hydroxylation is 2. The first kappa shape index (κ1) is 19.3. The summed E-state index contributed by atoms with van der Waals surface area (Å²) < 4.78 is 1.61. The van der Waals surface area contributed by atoms with Gasteiger partial charge in [-0.2, -0.15) is 10.2 Å². The normalized spacial score (nSPS) is 10.8. The van der Waals surface area contributed by atoms with Crippen LogP contribution in [0.5, 0.6) is 0 Å². The van der Waals surface area contributed by atoms with Crippen molar-refractivity contribution < 1.29 is 4.79 Å². The Bertz CT molecular complexity index is 1310. The topological polar surface area (TPSA) is 102 Å². The third-order valence-corrected chi connectivity index (χ3v) is 5.00. The minimum absolute atomic E-state index is 0.124. The predicted octanol–water partition coefficient (Wildman–Crippen LogP) is 2.99. The summed E-state index contributed by atoms with van der Waals surface area (Å²) in [7, 11) is 3.52. The van der Waals surface area contributed by atoms with E-state index in [-0.39, 0.29) is 11.5 Å². The number of aromatic nitrogens is 4. The van der Waals surface area contributed by atoms with Gasteiger partial charge in [0.05, 0.1) is 23.5 Å². The number of carbonyl (C=O) groups excluding carboxylic acids is 1. The molecule has 0 saturated carbocycles. The molecule has 8 heteroatoms. The Hall–Kier alpha value is -4.07. The molecule has 4 rings (SSSR count). The van der Waals surface area contributed by atoms with E-state index in [2.05, 4.69) is 25.8 Å². The van der Waals surface area contributed by atoms with Crippen molar-refractivity contribution in [3.8, 4) is 11.1 Å². The molecule has 8 nitrogen and oxygen atoms in total. The highest BCUT2D eigenvalue weighted by Gasteiger charge is 2.14. The number of hydrogen-bond donors (Lipinski definition) is 2. The van der Waals surface area contributed by atoms with Crippen molar-refractivity contribution in [2.45, 2.75) is 6.92 Å². The molecule has 0 unspecified atom stereocenters. The second kappa shape index (κ2) is 7.75. The van der Waals surface area contributed by atoms with E-state index in [0.29, 0.717) is 22.6 Å². The first-order valence-electron chi connectivity index (χ1n) is 9.34. The zero-order valence-electron chi connectivity index (χ0n) is 16.8. The van der Waals surface area contributed by atoms with Gasteiger partial charge >= 0.3 is 0 Å². The van der Waals surface area contributed by atoms with Crippen molar-refractivity contribution in [1.82, 2.24) is 19.7 Å². The molecule has 0 saturated heterocycles. The van der Waals surface area contributed by atoms with Gasteiger partial charge in [-0.25, -0.2) is 4.98 Å². The zero-order valence-corrected chi connectivity index (χ0v) is 16.8. The van der Waals surface area contributed by atoms with Crippen molar-refractivity contribution in [3.05, 3.63) is 76.5 Å². The number of anilines is 2. The lowest BCUT2D eigenvalue weighted by atomic mass is 9.99. The highest BCUT2D eigenvalue weighted by atomic mass is 16.1. The molecular formula is C22H20N6O2. The minimum atomic E-state index is -0.296. The molecule has 3 heterocycles. The molecule has 150 valence electrons. The average Bonchev–Trinajstić information content (AvgIpc) is 2.78. The maximum atomic E-state index is 13.1. The van der Waals surface area contributed by atoms with Crippen molar-refractivity contribution in [2.24, 2.45) is 7.05 Å². The van der Waals surface area contributed by atoms with Crippen LogP contribution in [0.15, 0.2) is 59.8 Å². The van der Waals surface area contributed by atoms with Crippen molar-refractivity contribution in [2.75, 3.05) is 17.7 Å². The molecule has 0 bridgehead atoms. The van der Waals surface area contributed by atoms with Gasteiger partial charge in [0, 0.05) is 43.0 Å². The van der Waals surface area contributed by atoms with Crippen LogP contribution < -0.4 is 16.2 Å². The van der Waals surface area contributed by atoms with Gasteiger partial charge in [0.25, 0.3) is 11.5 Å². The number of benzene rings is 1. The smallest absolute Gasteiger partial charge is 0.258 e. The zero-order chi connectivity index (χ0) is 21.3. The molecule has 0 atom stereocenters. The molecule has 0 aliphatic rings. The molecule has 0 spiro atoms. The number of amides is 1. The van der Waals surface area contributed by atoms with Gasteiger partial charge in [0.15, 0.2) is 0 Å². The number of pyridine rings is 2. The van der Waals surface area contributed by atoms with Gasteiger partial charge in [-0.1, -0.05) is 6.07 Å². The Morgan fingerprint density at radius 1 is 1.03 bits per heavy atom. The van der Waals surface area contributed by atoms with Gasteiger partial charge in [-0.3, -0.25) is 9.59 Å². The highest BCUT2D eigenvalue weighted by Crippen LogP contribution is 2.27. The molecule has 0 aliphatic carbocycles. The lowest BCUT2D eigenvalue weighted by molar-refractivity contribution is 0.102. The SMILES string of the molecule is CNc1cc2c(cn1)cc(-c1cc(NC(=O)c3ccnnc3)ccc1C)c(=O)n2C. The molecule has 30 heavy (non-hydrogen) atoms. The molecule has 3 aromatic heterocycles. The number of nitrogens with zero attached hydrogens (tertiary/aromatic N) is 4. The first-order valence-corrected chi connectivity index (χ1v) is 9.34. The van der Waals surface area contributed by atoms with Crippen LogP contribution in [-0.2, 0) is 7.05 Å². The van der Waals surface area contributed by atoms with Gasteiger partial charge in [-0.15, -0.1) is 0 Å². The molecule has 4 aromatic rings. The second-order valence-corrected chi connectivity index (χ2v) is 6.92. The van der Waals surface area contributed by atoms with Gasteiger partial charge in [-0.05, 0) is 42.3 Å². The van der Waals surface area contributed by atoms with Crippen LogP contribution in [0.2, 0.25) is 0 Å². The summed E-state index contributed by atoms with van der Waals surface area (Å²) in [5, 5.41) is 14.1. The van der Waals surface area contributed by atoms with E-state index in [9.17, 15) is 9.59 Å². The molecule has 0 radical (unpaired) electrons. The van der Waals surface area contributed by atoms with Gasteiger partial charge in [0.2, 0.25) is 0 Å². The van der Waals surface area contributed by atoms with Crippen LogP contribution in [0.1, 0.15) is 15.9 Å². The van der Waals surface area contributed by atoms with E-state index < -0.39 is 0 Å². The number of carbonyl (C=O) groups is 1. The standard InChI is InChI=1S/C22H20N6O2/c1-13-4-5-16(27-21(29)14-6-7-25-26-12-14)9-17(13)18-8-15-11-24-20(23-2)10-19(15)28(3)22(18)30/h4-12H,1-3H3,(H,23,24)(H,27,29). The molecular weight excluding hydrogens is 380 g/mol. The summed E-state index contributed by atoms with van der Waals surface area (Å²) in [6.07, 6.45) is 4.60. The summed E-state index contributed by atoms with van der Waals surface area (Å²) in [6.45, 7) is 1.93. The fourth-order valence-corrected chi connectivity index (χ4v) is 3.31. The fourth-order valence-electron chi connectivity index (χ4n) is 3.31. The summed E-state index contributed by atoms with van der Waals surface area (Å²) in [6, 6.07) is 10.7. The van der Waals surface area contributed by atoms with Crippen LogP contribution in [-0.4, -0.2) is 32.7 Å². The third kappa shape index (κ3) is 3.50. The van der Waals surface area contributed by atoms with E-state index in [1.807, 2.05) is 25.1 Å². The molecule has 1 aromatic carbocycles. The Labute approximate surface area is 172 Å². The Balaban J connectivity index is 1.78. The summed E-state index contributed by atoms with van der Waals surface area (Å²) in [5.74, 6) is 0.395. The monoisotopic (exact) mass is 400 g/mol. The van der Waals surface area contributed by atoms with E-state index >= 15 is 0 Å². The number of hydrogen-bond acceptors (Lipinski definition) is 6. The van der Waals surface area contributed by atoms with E-state index in [1.54, 1.807) is 43.1 Å². The predicted molar refractivity (Wildman–Crippen MR) is 117 cm³/mol. The minimum Gasteiger partial charge on any atom is -0.373 e. The van der Waals surface area contributed by atoms with Crippen molar-refractivity contribution in [3.63, 3.8) is 0 Å². The molecule has 0 aliphatic heterocycles. The largest absolute Gasteiger partial charge is 0.373 e. The third-order valence-electron chi connectivity index (χ3n) is 5.00. The van der Waals surface area contributed by atoms with Crippen LogP contribution in [0.3, 0.4) is 0 Å². The van der Waals surface area contributed by atoms with Crippen molar-refractivity contribution in [1.29, 1.82) is 0 Å². The Morgan fingerprint density at radius 3 is 2.60 bits per heavy atom. The summed E-state index contributed by atoms with van der Waals surface area (Å²) >= 11 is 0. The number of rotatable bonds is 4. The van der Waals surface area contributed by atoms with Crippen molar-refractivity contribution >= 4 is 28.3 Å². The summed E-state index contributed by atoms with van der Waals surface area (Å²) in [5.41, 5.74) is 3.87. The molecule has 2 N–H and O–H groups in total. The average molecular weight is 400 g/mol. The lowest BCUT2D eigenvalue weighted by Crippen LogP contribution is -2.19. The maximum absolute atomic E-state index is 13.1. The maximum Gasteiger partial charge on any atom is 0.258 e. The first-order chi connectivity index (χ1) is 14.5. The quantitative estimate of drug-likeness (QED) is 0.546. The van der Waals surface area contributed by atoms with E-state index in [4.69, 9.17) is 0 Å². The lowest BCUT2D eigenvalue weighted by Gasteiger charge is -2.13. The fraction of sp³-hybridized carbons (Fsp3) is 0.136. The van der Waals surface area contributed by atoms with Gasteiger partial charge in [0.1, 0.15) is 5.82 Å². The second-order valence-electron chi connectivity index (χ2n) is 6.92. The van der Waals surface area contributed by atoms with E-state index in [1.165, 1.54) is 12.4 Å². The van der Waals surface area contributed by atoms with Crippen LogP contribution in [0.4, 0.5) is 11.5 Å². The van der Waals surface area contributed by atoms with Gasteiger partial charge < -0.3 is 15.2 Å². The highest BCUT2D eigenvalue weighted by molar-refractivity contribution is 6.04. The Morgan fingerprint density at radius 2 is 1.87 bits per heavy atom. The molecule has 1 amide bonds. The Kier molecular flexibility index (Phi) is 4.97.